The third-order valence-electron chi connectivity index (χ3n) is 5.15. The van der Waals surface area contributed by atoms with Gasteiger partial charge in [-0.3, -0.25) is 4.98 Å². The molecule has 3 rings (SSSR count). The van der Waals surface area contributed by atoms with Crippen molar-refractivity contribution in [3.05, 3.63) is 24.0 Å². The molecule has 0 amide bonds. The minimum atomic E-state index is 0.559. The molecule has 21 heavy (non-hydrogen) atoms. The van der Waals surface area contributed by atoms with E-state index in [0.29, 0.717) is 5.92 Å². The minimum absolute atomic E-state index is 0.559. The fourth-order valence-corrected chi connectivity index (χ4v) is 3.71. The molecule has 0 N–H and O–H groups in total. The van der Waals surface area contributed by atoms with Crippen molar-refractivity contribution in [2.45, 2.75) is 57.9 Å². The van der Waals surface area contributed by atoms with Gasteiger partial charge in [0.1, 0.15) is 0 Å². The van der Waals surface area contributed by atoms with E-state index in [4.69, 9.17) is 0 Å². The summed E-state index contributed by atoms with van der Waals surface area (Å²) in [6.45, 7) is 9.51. The van der Waals surface area contributed by atoms with Crippen LogP contribution in [0.4, 0.5) is 5.69 Å². The Bertz CT molecular complexity index is 444. The van der Waals surface area contributed by atoms with E-state index < -0.39 is 0 Å². The molecule has 0 bridgehead atoms. The Labute approximate surface area is 129 Å². The van der Waals surface area contributed by atoms with Crippen molar-refractivity contribution in [3.8, 4) is 0 Å². The van der Waals surface area contributed by atoms with E-state index in [1.54, 1.807) is 0 Å². The number of hydrogen-bond acceptors (Lipinski definition) is 3. The highest BCUT2D eigenvalue weighted by Crippen LogP contribution is 2.26. The molecular weight excluding hydrogens is 258 g/mol. The molecule has 2 fully saturated rings. The van der Waals surface area contributed by atoms with Gasteiger partial charge in [-0.15, -0.1) is 0 Å². The molecule has 116 valence electrons. The van der Waals surface area contributed by atoms with Gasteiger partial charge in [0, 0.05) is 25.3 Å². The van der Waals surface area contributed by atoms with Crippen LogP contribution in [0.3, 0.4) is 0 Å². The molecule has 0 spiro atoms. The summed E-state index contributed by atoms with van der Waals surface area (Å²) in [5.41, 5.74) is 2.67. The quantitative estimate of drug-likeness (QED) is 0.846. The predicted molar refractivity (Wildman–Crippen MR) is 89.0 cm³/mol. The second-order valence-corrected chi connectivity index (χ2v) is 6.95. The molecule has 2 saturated heterocycles. The Morgan fingerprint density at radius 1 is 1.00 bits per heavy atom. The fourth-order valence-electron chi connectivity index (χ4n) is 3.71. The lowest BCUT2D eigenvalue weighted by molar-refractivity contribution is 0.141. The van der Waals surface area contributed by atoms with Gasteiger partial charge in [0.15, 0.2) is 0 Å². The molecule has 0 radical (unpaired) electrons. The number of pyridine rings is 1. The van der Waals surface area contributed by atoms with Crippen molar-refractivity contribution >= 4 is 5.69 Å². The molecule has 0 aromatic carbocycles. The van der Waals surface area contributed by atoms with E-state index in [0.717, 1.165) is 6.04 Å². The maximum Gasteiger partial charge on any atom is 0.0555 e. The van der Waals surface area contributed by atoms with E-state index >= 15 is 0 Å². The third-order valence-corrected chi connectivity index (χ3v) is 5.15. The lowest BCUT2D eigenvalue weighted by atomic mass is 9.99. The number of rotatable bonds is 3. The predicted octanol–water partition coefficient (Wildman–Crippen LogP) is 3.66. The summed E-state index contributed by atoms with van der Waals surface area (Å²) in [6, 6.07) is 3.15. The van der Waals surface area contributed by atoms with Crippen LogP contribution in [0.2, 0.25) is 0 Å². The summed E-state index contributed by atoms with van der Waals surface area (Å²) in [4.78, 5) is 9.70. The number of nitrogens with zero attached hydrogens (tertiary/aromatic N) is 3. The average Bonchev–Trinajstić information content (AvgIpc) is 2.56. The number of piperidine rings is 2. The van der Waals surface area contributed by atoms with Crippen LogP contribution in [-0.4, -0.2) is 42.1 Å². The topological polar surface area (TPSA) is 19.4 Å². The number of anilines is 1. The van der Waals surface area contributed by atoms with E-state index in [1.807, 2.05) is 12.4 Å². The second kappa shape index (κ2) is 6.78. The summed E-state index contributed by atoms with van der Waals surface area (Å²) < 4.78 is 0. The highest BCUT2D eigenvalue weighted by molar-refractivity contribution is 5.47. The normalized spacial score (nSPS) is 22.0. The van der Waals surface area contributed by atoms with Crippen molar-refractivity contribution in [2.75, 3.05) is 31.1 Å². The molecule has 3 heterocycles. The van der Waals surface area contributed by atoms with Gasteiger partial charge in [-0.1, -0.05) is 20.3 Å². The van der Waals surface area contributed by atoms with Crippen LogP contribution >= 0.6 is 0 Å². The lowest BCUT2D eigenvalue weighted by Crippen LogP contribution is -2.46. The zero-order chi connectivity index (χ0) is 14.7. The smallest absolute Gasteiger partial charge is 0.0555 e. The summed E-state index contributed by atoms with van der Waals surface area (Å²) in [6.07, 6.45) is 10.9. The van der Waals surface area contributed by atoms with Crippen LogP contribution in [0.5, 0.6) is 0 Å². The van der Waals surface area contributed by atoms with Gasteiger partial charge in [-0.2, -0.15) is 0 Å². The molecule has 3 heteroatoms. The van der Waals surface area contributed by atoms with E-state index in [2.05, 4.69) is 34.7 Å². The zero-order valence-corrected chi connectivity index (χ0v) is 13.6. The number of aromatic nitrogens is 1. The Balaban J connectivity index is 1.59. The monoisotopic (exact) mass is 287 g/mol. The molecule has 0 saturated carbocycles. The Hall–Kier alpha value is -1.09. The molecule has 0 aliphatic carbocycles. The minimum Gasteiger partial charge on any atom is -0.370 e. The van der Waals surface area contributed by atoms with Crippen molar-refractivity contribution in [3.63, 3.8) is 0 Å². The first-order valence-corrected chi connectivity index (χ1v) is 8.68. The Kier molecular flexibility index (Phi) is 4.79. The van der Waals surface area contributed by atoms with Gasteiger partial charge in [0.25, 0.3) is 0 Å². The molecule has 0 unspecified atom stereocenters. The summed E-state index contributed by atoms with van der Waals surface area (Å²) in [7, 11) is 0. The zero-order valence-electron chi connectivity index (χ0n) is 13.6. The molecular formula is C18H29N3. The van der Waals surface area contributed by atoms with Gasteiger partial charge in [0.05, 0.1) is 11.9 Å². The van der Waals surface area contributed by atoms with Crippen LogP contribution < -0.4 is 4.90 Å². The molecule has 2 aliphatic rings. The van der Waals surface area contributed by atoms with Crippen molar-refractivity contribution in [2.24, 2.45) is 0 Å². The van der Waals surface area contributed by atoms with E-state index in [9.17, 15) is 0 Å². The first-order valence-electron chi connectivity index (χ1n) is 8.68. The average molecular weight is 287 g/mol. The SMILES string of the molecule is CC(C)c1cncc(N2CCC(N3CCCCC3)CC2)c1. The molecule has 1 aromatic rings. The summed E-state index contributed by atoms with van der Waals surface area (Å²) >= 11 is 0. The van der Waals surface area contributed by atoms with Gasteiger partial charge >= 0.3 is 0 Å². The van der Waals surface area contributed by atoms with E-state index in [1.165, 1.54) is 69.5 Å². The van der Waals surface area contributed by atoms with Crippen LogP contribution in [0, 0.1) is 0 Å². The van der Waals surface area contributed by atoms with Gasteiger partial charge in [-0.05, 0) is 56.3 Å². The highest BCUT2D eigenvalue weighted by Gasteiger charge is 2.25. The molecule has 1 aromatic heterocycles. The van der Waals surface area contributed by atoms with Crippen molar-refractivity contribution in [1.82, 2.24) is 9.88 Å². The lowest BCUT2D eigenvalue weighted by Gasteiger charge is -2.41. The summed E-state index contributed by atoms with van der Waals surface area (Å²) in [5.74, 6) is 0.559. The standard InChI is InChI=1S/C18H29N3/c1-15(2)16-12-18(14-19-13-16)21-10-6-17(7-11-21)20-8-4-3-5-9-20/h12-15,17H,3-11H2,1-2H3. The summed E-state index contributed by atoms with van der Waals surface area (Å²) in [5, 5.41) is 0. The van der Waals surface area contributed by atoms with Crippen LogP contribution in [0.25, 0.3) is 0 Å². The van der Waals surface area contributed by atoms with E-state index in [-0.39, 0.29) is 0 Å². The molecule has 2 aliphatic heterocycles. The van der Waals surface area contributed by atoms with Crippen molar-refractivity contribution < 1.29 is 0 Å². The third kappa shape index (κ3) is 3.57. The molecule has 3 nitrogen and oxygen atoms in total. The highest BCUT2D eigenvalue weighted by atomic mass is 15.2. The van der Waals surface area contributed by atoms with Crippen LogP contribution in [0.1, 0.15) is 57.4 Å². The number of likely N-dealkylation sites (tertiary alicyclic amines) is 1. The van der Waals surface area contributed by atoms with Crippen molar-refractivity contribution in [1.29, 1.82) is 0 Å². The van der Waals surface area contributed by atoms with Gasteiger partial charge in [-0.25, -0.2) is 0 Å². The first kappa shape index (κ1) is 14.8. The first-order chi connectivity index (χ1) is 10.2. The Morgan fingerprint density at radius 2 is 1.71 bits per heavy atom. The van der Waals surface area contributed by atoms with Crippen LogP contribution in [0.15, 0.2) is 18.5 Å². The Morgan fingerprint density at radius 3 is 2.38 bits per heavy atom. The largest absolute Gasteiger partial charge is 0.370 e. The van der Waals surface area contributed by atoms with Crippen LogP contribution in [-0.2, 0) is 0 Å². The van der Waals surface area contributed by atoms with Gasteiger partial charge < -0.3 is 9.80 Å². The maximum atomic E-state index is 4.44. The fraction of sp³-hybridized carbons (Fsp3) is 0.722. The van der Waals surface area contributed by atoms with Gasteiger partial charge in [0.2, 0.25) is 0 Å². The second-order valence-electron chi connectivity index (χ2n) is 6.95. The molecule has 0 atom stereocenters. The number of hydrogen-bond donors (Lipinski definition) is 0. The maximum absolute atomic E-state index is 4.44.